The van der Waals surface area contributed by atoms with Crippen molar-refractivity contribution >= 4 is 5.71 Å². The minimum atomic E-state index is -0.540. The second-order valence-corrected chi connectivity index (χ2v) is 5.47. The molecule has 0 saturated carbocycles. The minimum absolute atomic E-state index is 0.269. The normalized spacial score (nSPS) is 11.6. The third kappa shape index (κ3) is 4.87. The molecule has 0 saturated heterocycles. The largest absolute Gasteiger partial charge is 0.352 e. The zero-order valence-electron chi connectivity index (χ0n) is 14.8. The van der Waals surface area contributed by atoms with Gasteiger partial charge in [-0.05, 0) is 12.5 Å². The highest BCUT2D eigenvalue weighted by Gasteiger charge is 2.14. The summed E-state index contributed by atoms with van der Waals surface area (Å²) in [6.45, 7) is 2.10. The lowest BCUT2D eigenvalue weighted by atomic mass is 10.0. The van der Waals surface area contributed by atoms with Gasteiger partial charge in [0.15, 0.2) is 6.29 Å². The van der Waals surface area contributed by atoms with Crippen LogP contribution in [0, 0.1) is 11.3 Å². The van der Waals surface area contributed by atoms with Crippen molar-refractivity contribution in [2.75, 3.05) is 20.8 Å². The molecule has 0 aromatic heterocycles. The second-order valence-electron chi connectivity index (χ2n) is 5.47. The third-order valence-corrected chi connectivity index (χ3v) is 3.88. The molecular weight excluding hydrogens is 313 g/mol. The maximum atomic E-state index is 9.50. The summed E-state index contributed by atoms with van der Waals surface area (Å²) in [5.74, 6) is 0. The molecule has 0 amide bonds. The number of methoxy groups -OCH3 is 2. The fourth-order valence-corrected chi connectivity index (χ4v) is 2.54. The molecule has 0 fully saturated rings. The van der Waals surface area contributed by atoms with E-state index in [-0.39, 0.29) is 6.54 Å². The lowest BCUT2D eigenvalue weighted by Crippen LogP contribution is -2.17. The van der Waals surface area contributed by atoms with E-state index in [0.29, 0.717) is 5.57 Å². The van der Waals surface area contributed by atoms with Crippen LogP contribution in [0.5, 0.6) is 0 Å². The summed E-state index contributed by atoms with van der Waals surface area (Å²) < 4.78 is 10.5. The van der Waals surface area contributed by atoms with E-state index in [2.05, 4.69) is 6.07 Å². The molecule has 0 heterocycles. The number of hydrogen-bond donors (Lipinski definition) is 0. The van der Waals surface area contributed by atoms with Gasteiger partial charge in [0.25, 0.3) is 0 Å². The Balaban J connectivity index is 2.41. The number of rotatable bonds is 7. The van der Waals surface area contributed by atoms with E-state index in [0.717, 1.165) is 22.4 Å². The van der Waals surface area contributed by atoms with Crippen molar-refractivity contribution in [2.24, 2.45) is 4.99 Å². The van der Waals surface area contributed by atoms with Crippen LogP contribution < -0.4 is 0 Å². The molecule has 2 aromatic carbocycles. The highest BCUT2D eigenvalue weighted by molar-refractivity contribution is 6.12. The van der Waals surface area contributed by atoms with Crippen LogP contribution in [0.2, 0.25) is 0 Å². The number of hydrogen-bond acceptors (Lipinski definition) is 4. The molecule has 2 aromatic rings. The molecule has 0 aliphatic heterocycles. The van der Waals surface area contributed by atoms with Gasteiger partial charge in [-0.2, -0.15) is 5.26 Å². The van der Waals surface area contributed by atoms with Crippen LogP contribution >= 0.6 is 0 Å². The summed E-state index contributed by atoms with van der Waals surface area (Å²) in [6.07, 6.45) is -0.540. The highest BCUT2D eigenvalue weighted by Crippen LogP contribution is 2.15. The summed E-state index contributed by atoms with van der Waals surface area (Å²) in [5.41, 5.74) is 4.15. The topological polar surface area (TPSA) is 54.6 Å². The highest BCUT2D eigenvalue weighted by atomic mass is 16.7. The van der Waals surface area contributed by atoms with Crippen molar-refractivity contribution in [2.45, 2.75) is 13.2 Å². The van der Waals surface area contributed by atoms with E-state index in [9.17, 15) is 5.26 Å². The number of nitrogens with zero attached hydrogens (tertiary/aromatic N) is 2. The molecule has 128 valence electrons. The van der Waals surface area contributed by atoms with Gasteiger partial charge < -0.3 is 9.47 Å². The molecule has 2 rings (SSSR count). The number of benzene rings is 2. The van der Waals surface area contributed by atoms with Gasteiger partial charge in [-0.15, -0.1) is 0 Å². The van der Waals surface area contributed by atoms with Gasteiger partial charge in [0.1, 0.15) is 0 Å². The molecule has 0 aliphatic rings. The smallest absolute Gasteiger partial charge is 0.180 e. The fraction of sp³-hybridized carbons (Fsp3) is 0.238. The molecule has 0 radical (unpaired) electrons. The first-order valence-corrected chi connectivity index (χ1v) is 8.01. The van der Waals surface area contributed by atoms with Gasteiger partial charge >= 0.3 is 0 Å². The van der Waals surface area contributed by atoms with Crippen molar-refractivity contribution < 1.29 is 9.47 Å². The van der Waals surface area contributed by atoms with Gasteiger partial charge in [-0.1, -0.05) is 60.7 Å². The Kier molecular flexibility index (Phi) is 7.09. The van der Waals surface area contributed by atoms with Gasteiger partial charge in [0, 0.05) is 25.3 Å². The lowest BCUT2D eigenvalue weighted by molar-refractivity contribution is -0.0751. The van der Waals surface area contributed by atoms with E-state index < -0.39 is 6.29 Å². The van der Waals surface area contributed by atoms with Crippen molar-refractivity contribution in [1.82, 2.24) is 0 Å². The quantitative estimate of drug-likeness (QED) is 0.333. The van der Waals surface area contributed by atoms with Crippen molar-refractivity contribution in [3.8, 4) is 6.07 Å². The first-order valence-electron chi connectivity index (χ1n) is 8.01. The monoisotopic (exact) mass is 335 g/mol. The van der Waals surface area contributed by atoms with Gasteiger partial charge in [-0.25, -0.2) is 0 Å². The first-order chi connectivity index (χ1) is 12.2. The Hall–Kier alpha value is -2.74. The van der Waals surface area contributed by atoms with Crippen LogP contribution in [0.15, 0.2) is 76.8 Å². The summed E-state index contributed by atoms with van der Waals surface area (Å²) in [5, 5.41) is 9.50. The van der Waals surface area contributed by atoms with Crippen LogP contribution in [-0.2, 0) is 9.47 Å². The van der Waals surface area contributed by atoms with Gasteiger partial charge in [0.2, 0.25) is 0 Å². The fourth-order valence-electron chi connectivity index (χ4n) is 2.54. The van der Waals surface area contributed by atoms with Crippen LogP contribution in [0.25, 0.3) is 0 Å². The Morgan fingerprint density at radius 1 is 0.960 bits per heavy atom. The van der Waals surface area contributed by atoms with Crippen molar-refractivity contribution in [3.63, 3.8) is 0 Å². The molecule has 4 heteroatoms. The van der Waals surface area contributed by atoms with E-state index in [1.54, 1.807) is 14.2 Å². The molecule has 25 heavy (non-hydrogen) atoms. The number of nitriles is 1. The molecule has 0 spiro atoms. The van der Waals surface area contributed by atoms with Crippen LogP contribution in [0.4, 0.5) is 0 Å². The number of ether oxygens (including phenoxy) is 2. The zero-order chi connectivity index (χ0) is 18.1. The van der Waals surface area contributed by atoms with E-state index in [1.165, 1.54) is 0 Å². The van der Waals surface area contributed by atoms with Crippen LogP contribution in [0.3, 0.4) is 0 Å². The molecule has 0 aliphatic carbocycles. The average molecular weight is 335 g/mol. The predicted molar refractivity (Wildman–Crippen MR) is 99.5 cm³/mol. The third-order valence-electron chi connectivity index (χ3n) is 3.88. The number of aliphatic imine (C=N–C) groups is 1. The lowest BCUT2D eigenvalue weighted by Gasteiger charge is -2.15. The average Bonchev–Trinajstić information content (AvgIpc) is 2.67. The standard InChI is InChI=1S/C21H22N2O2/c1-16(21(24-2)25-3)19(14-22)15-23-20(17-10-6-4-7-11-17)18-12-8-5-9-13-18/h4-13,21H,15H2,1-3H3/b19-16+/i23+1. The van der Waals surface area contributed by atoms with Gasteiger partial charge in [-0.3, -0.25) is 4.99 Å². The molecule has 0 N–H and O–H groups in total. The summed E-state index contributed by atoms with van der Waals surface area (Å²) in [7, 11) is 3.10. The maximum Gasteiger partial charge on any atom is 0.180 e. The van der Waals surface area contributed by atoms with Crippen molar-refractivity contribution in [1.29, 1.82) is 5.26 Å². The van der Waals surface area contributed by atoms with Crippen LogP contribution in [0.1, 0.15) is 18.1 Å². The van der Waals surface area contributed by atoms with E-state index in [1.807, 2.05) is 67.6 Å². The Morgan fingerprint density at radius 2 is 1.44 bits per heavy atom. The SMILES string of the molecule is COC(OC)/C(C)=C(\C#N)C[15N]=C(c1ccccc1)c1ccccc1. The molecule has 0 bridgehead atoms. The molecule has 0 atom stereocenters. The maximum absolute atomic E-state index is 9.50. The van der Waals surface area contributed by atoms with E-state index in [4.69, 9.17) is 14.5 Å². The second kappa shape index (κ2) is 9.53. The molecule has 4 nitrogen and oxygen atoms in total. The minimum Gasteiger partial charge on any atom is -0.352 e. The Bertz CT molecular complexity index is 729. The van der Waals surface area contributed by atoms with Gasteiger partial charge in [0.05, 0.1) is 23.9 Å². The Labute approximate surface area is 149 Å². The summed E-state index contributed by atoms with van der Waals surface area (Å²) >= 11 is 0. The summed E-state index contributed by atoms with van der Waals surface area (Å²) in [4.78, 5) is 4.73. The first kappa shape index (κ1) is 18.6. The molecule has 0 unspecified atom stereocenters. The van der Waals surface area contributed by atoms with Crippen molar-refractivity contribution in [3.05, 3.63) is 82.9 Å². The predicted octanol–water partition coefficient (Wildman–Crippen LogP) is 3.98. The molecular formula is C21H22N2O2. The summed E-state index contributed by atoms with van der Waals surface area (Å²) in [6, 6.07) is 22.1. The van der Waals surface area contributed by atoms with E-state index >= 15 is 0 Å². The van der Waals surface area contributed by atoms with Crippen LogP contribution in [-0.4, -0.2) is 32.8 Å². The zero-order valence-corrected chi connectivity index (χ0v) is 14.8. The Morgan fingerprint density at radius 3 is 1.84 bits per heavy atom.